The molecule has 4 nitrogen and oxygen atoms in total. The van der Waals surface area contributed by atoms with Crippen molar-refractivity contribution in [1.29, 1.82) is 0 Å². The zero-order valence-corrected chi connectivity index (χ0v) is 13.0. The minimum Gasteiger partial charge on any atom is -0.465 e. The number of aryl methyl sites for hydroxylation is 1. The number of esters is 1. The number of benzene rings is 1. The molecule has 0 atom stereocenters. The molecule has 2 rings (SSSR count). The van der Waals surface area contributed by atoms with Crippen molar-refractivity contribution in [3.8, 4) is 0 Å². The predicted molar refractivity (Wildman–Crippen MR) is 79.8 cm³/mol. The largest absolute Gasteiger partial charge is 0.465 e. The maximum atomic E-state index is 12.5. The Morgan fingerprint density at radius 1 is 1.17 bits per heavy atom. The number of hydrogen-bond acceptors (Lipinski definition) is 4. The maximum Gasteiger partial charge on any atom is 0.416 e. The molecule has 1 aromatic heterocycles. The van der Waals surface area contributed by atoms with Crippen LogP contribution >= 0.6 is 11.3 Å². The second-order valence-electron chi connectivity index (χ2n) is 4.62. The first-order chi connectivity index (χ1) is 10.7. The van der Waals surface area contributed by atoms with Crippen molar-refractivity contribution in [1.82, 2.24) is 0 Å². The predicted octanol–water partition coefficient (Wildman–Crippen LogP) is 4.11. The number of carbonyl (C=O) groups excluding carboxylic acids is 2. The van der Waals surface area contributed by atoms with Gasteiger partial charge in [0.1, 0.15) is 5.00 Å². The molecule has 0 fully saturated rings. The molecule has 0 aliphatic carbocycles. The summed E-state index contributed by atoms with van der Waals surface area (Å²) >= 11 is 1.18. The minimum atomic E-state index is -4.46. The quantitative estimate of drug-likeness (QED) is 0.853. The van der Waals surface area contributed by atoms with E-state index in [4.69, 9.17) is 0 Å². The number of thiophene rings is 1. The van der Waals surface area contributed by atoms with Gasteiger partial charge < -0.3 is 10.1 Å². The second kappa shape index (κ2) is 6.41. The van der Waals surface area contributed by atoms with Crippen molar-refractivity contribution < 1.29 is 27.5 Å². The van der Waals surface area contributed by atoms with Crippen LogP contribution in [0.1, 0.15) is 31.2 Å². The van der Waals surface area contributed by atoms with Gasteiger partial charge >= 0.3 is 12.1 Å². The highest BCUT2D eigenvalue weighted by atomic mass is 32.1. The third kappa shape index (κ3) is 3.89. The van der Waals surface area contributed by atoms with E-state index in [1.54, 1.807) is 13.0 Å². The molecule has 0 saturated heterocycles. The van der Waals surface area contributed by atoms with Gasteiger partial charge in [-0.15, -0.1) is 11.3 Å². The normalized spacial score (nSPS) is 11.2. The second-order valence-corrected chi connectivity index (χ2v) is 5.88. The molecule has 1 amide bonds. The van der Waals surface area contributed by atoms with E-state index in [1.165, 1.54) is 18.4 Å². The first-order valence-electron chi connectivity index (χ1n) is 6.39. The van der Waals surface area contributed by atoms with Crippen LogP contribution in [0.25, 0.3) is 0 Å². The average molecular weight is 343 g/mol. The van der Waals surface area contributed by atoms with Gasteiger partial charge in [-0.25, -0.2) is 4.79 Å². The van der Waals surface area contributed by atoms with Gasteiger partial charge in [0.2, 0.25) is 0 Å². The molecule has 1 aromatic carbocycles. The Morgan fingerprint density at radius 2 is 1.78 bits per heavy atom. The molecule has 122 valence electrons. The molecule has 0 unspecified atom stereocenters. The smallest absolute Gasteiger partial charge is 0.416 e. The third-order valence-electron chi connectivity index (χ3n) is 2.96. The Labute approximate surface area is 133 Å². The number of carbonyl (C=O) groups is 2. The third-order valence-corrected chi connectivity index (χ3v) is 3.93. The van der Waals surface area contributed by atoms with E-state index >= 15 is 0 Å². The van der Waals surface area contributed by atoms with Gasteiger partial charge in [-0.1, -0.05) is 0 Å². The number of nitrogens with one attached hydrogen (secondary N) is 1. The van der Waals surface area contributed by atoms with E-state index in [1.807, 2.05) is 0 Å². The van der Waals surface area contributed by atoms with Crippen LogP contribution in [0, 0.1) is 6.92 Å². The standard InChI is InChI=1S/C15H12F3NO3S/c1-8-7-11(14(21)22-2)13(23-8)19-12(20)9-3-5-10(6-4-9)15(16,17)18/h3-7H,1-2H3,(H,19,20). The molecular weight excluding hydrogens is 331 g/mol. The van der Waals surface area contributed by atoms with Crippen molar-refractivity contribution in [2.75, 3.05) is 12.4 Å². The van der Waals surface area contributed by atoms with Gasteiger partial charge in [0, 0.05) is 10.4 Å². The lowest BCUT2D eigenvalue weighted by Gasteiger charge is -2.08. The number of rotatable bonds is 3. The number of halogens is 3. The van der Waals surface area contributed by atoms with Crippen molar-refractivity contribution >= 4 is 28.2 Å². The minimum absolute atomic E-state index is 0.0554. The summed E-state index contributed by atoms with van der Waals surface area (Å²) in [4.78, 5) is 24.5. The molecule has 1 N–H and O–H groups in total. The van der Waals surface area contributed by atoms with E-state index < -0.39 is 23.6 Å². The number of anilines is 1. The van der Waals surface area contributed by atoms with Crippen molar-refractivity contribution in [2.24, 2.45) is 0 Å². The summed E-state index contributed by atoms with van der Waals surface area (Å²) < 4.78 is 42.1. The highest BCUT2D eigenvalue weighted by molar-refractivity contribution is 7.16. The Morgan fingerprint density at radius 3 is 2.30 bits per heavy atom. The number of amides is 1. The summed E-state index contributed by atoms with van der Waals surface area (Å²) in [5, 5.41) is 2.81. The fourth-order valence-electron chi connectivity index (χ4n) is 1.85. The molecule has 1 heterocycles. The molecule has 8 heteroatoms. The number of ether oxygens (including phenoxy) is 1. The Hall–Kier alpha value is -2.35. The van der Waals surface area contributed by atoms with E-state index in [9.17, 15) is 22.8 Å². The van der Waals surface area contributed by atoms with Gasteiger partial charge in [-0.2, -0.15) is 13.2 Å². The van der Waals surface area contributed by atoms with Gasteiger partial charge in [-0.3, -0.25) is 4.79 Å². The monoisotopic (exact) mass is 343 g/mol. The molecule has 0 saturated carbocycles. The average Bonchev–Trinajstić information content (AvgIpc) is 2.86. The summed E-state index contributed by atoms with van der Waals surface area (Å²) in [6, 6.07) is 5.39. The van der Waals surface area contributed by atoms with Crippen LogP contribution in [0.15, 0.2) is 30.3 Å². The van der Waals surface area contributed by atoms with E-state index in [0.29, 0.717) is 5.00 Å². The van der Waals surface area contributed by atoms with Gasteiger partial charge in [0.25, 0.3) is 5.91 Å². The van der Waals surface area contributed by atoms with Crippen molar-refractivity contribution in [3.05, 3.63) is 51.9 Å². The number of hydrogen-bond donors (Lipinski definition) is 1. The lowest BCUT2D eigenvalue weighted by molar-refractivity contribution is -0.137. The lowest BCUT2D eigenvalue weighted by atomic mass is 10.1. The van der Waals surface area contributed by atoms with Crippen LogP contribution < -0.4 is 5.32 Å². The first kappa shape index (κ1) is 17.0. The molecule has 0 aliphatic heterocycles. The fraction of sp³-hybridized carbons (Fsp3) is 0.200. The highest BCUT2D eigenvalue weighted by Gasteiger charge is 2.30. The van der Waals surface area contributed by atoms with Gasteiger partial charge in [0.15, 0.2) is 0 Å². The summed E-state index contributed by atoms with van der Waals surface area (Å²) in [6.45, 7) is 1.75. The Balaban J connectivity index is 2.21. The molecule has 2 aromatic rings. The first-order valence-corrected chi connectivity index (χ1v) is 7.21. The van der Waals surface area contributed by atoms with Gasteiger partial charge in [-0.05, 0) is 37.3 Å². The van der Waals surface area contributed by atoms with Crippen molar-refractivity contribution in [2.45, 2.75) is 13.1 Å². The van der Waals surface area contributed by atoms with Crippen LogP contribution in [-0.2, 0) is 10.9 Å². The van der Waals surface area contributed by atoms with E-state index in [2.05, 4.69) is 10.1 Å². The topological polar surface area (TPSA) is 55.4 Å². The Bertz CT molecular complexity index is 735. The van der Waals surface area contributed by atoms with Crippen molar-refractivity contribution in [3.63, 3.8) is 0 Å². The Kier molecular flexibility index (Phi) is 4.74. The summed E-state index contributed by atoms with van der Waals surface area (Å²) in [7, 11) is 1.22. The van der Waals surface area contributed by atoms with Crippen LogP contribution in [0.3, 0.4) is 0 Å². The number of alkyl halides is 3. The molecule has 0 radical (unpaired) electrons. The molecule has 0 bridgehead atoms. The van der Waals surface area contributed by atoms with Crippen LogP contribution in [0.4, 0.5) is 18.2 Å². The SMILES string of the molecule is COC(=O)c1cc(C)sc1NC(=O)c1ccc(C(F)(F)F)cc1. The van der Waals surface area contributed by atoms with Crippen LogP contribution in [0.2, 0.25) is 0 Å². The number of methoxy groups -OCH3 is 1. The van der Waals surface area contributed by atoms with E-state index in [-0.39, 0.29) is 11.1 Å². The zero-order chi connectivity index (χ0) is 17.2. The van der Waals surface area contributed by atoms with Gasteiger partial charge in [0.05, 0.1) is 18.2 Å². The van der Waals surface area contributed by atoms with Crippen LogP contribution in [-0.4, -0.2) is 19.0 Å². The summed E-state index contributed by atoms with van der Waals surface area (Å²) in [5.74, 6) is -1.21. The zero-order valence-electron chi connectivity index (χ0n) is 12.2. The molecule has 23 heavy (non-hydrogen) atoms. The maximum absolute atomic E-state index is 12.5. The molecular formula is C15H12F3NO3S. The summed E-state index contributed by atoms with van der Waals surface area (Å²) in [6.07, 6.45) is -4.46. The molecule has 0 spiro atoms. The fourth-order valence-corrected chi connectivity index (χ4v) is 2.75. The lowest BCUT2D eigenvalue weighted by Crippen LogP contribution is -2.14. The molecule has 0 aliphatic rings. The summed E-state index contributed by atoms with van der Waals surface area (Å²) in [5.41, 5.74) is -0.577. The van der Waals surface area contributed by atoms with E-state index in [0.717, 1.165) is 29.1 Å². The highest BCUT2D eigenvalue weighted by Crippen LogP contribution is 2.30. The van der Waals surface area contributed by atoms with Crippen LogP contribution in [0.5, 0.6) is 0 Å².